The molecule has 1 saturated carbocycles. The lowest BCUT2D eigenvalue weighted by Crippen LogP contribution is -2.37. The van der Waals surface area contributed by atoms with Crippen LogP contribution in [0.1, 0.15) is 32.6 Å². The molecule has 0 amide bonds. The Hall–Kier alpha value is -1.13. The van der Waals surface area contributed by atoms with Gasteiger partial charge in [0.25, 0.3) is 0 Å². The van der Waals surface area contributed by atoms with Crippen molar-refractivity contribution in [1.82, 2.24) is 0 Å². The van der Waals surface area contributed by atoms with Crippen molar-refractivity contribution in [3.8, 4) is 0 Å². The van der Waals surface area contributed by atoms with Crippen molar-refractivity contribution < 1.29 is 14.5 Å². The molecule has 0 N–H and O–H groups in total. The second kappa shape index (κ2) is 4.39. The third kappa shape index (κ3) is 2.97. The van der Waals surface area contributed by atoms with Gasteiger partial charge in [0, 0.05) is 17.3 Å². The number of nitro groups is 1. The molecule has 1 rings (SSSR count). The van der Waals surface area contributed by atoms with Crippen LogP contribution in [-0.4, -0.2) is 24.0 Å². The van der Waals surface area contributed by atoms with Gasteiger partial charge in [-0.05, 0) is 19.3 Å². The molecule has 14 heavy (non-hydrogen) atoms. The Bertz CT molecular complexity index is 235. The van der Waals surface area contributed by atoms with E-state index in [9.17, 15) is 14.9 Å². The topological polar surface area (TPSA) is 69.4 Å². The molecule has 0 bridgehead atoms. The zero-order valence-corrected chi connectivity index (χ0v) is 8.32. The monoisotopic (exact) mass is 201 g/mol. The first-order valence-corrected chi connectivity index (χ1v) is 4.79. The van der Waals surface area contributed by atoms with Crippen molar-refractivity contribution in [2.45, 2.75) is 32.6 Å². The lowest BCUT2D eigenvalue weighted by atomic mass is 9.67. The smallest absolute Gasteiger partial charge is 0.302 e. The number of esters is 1. The molecule has 0 saturated heterocycles. The highest BCUT2D eigenvalue weighted by atomic mass is 16.6. The Balaban J connectivity index is 2.30. The van der Waals surface area contributed by atoms with Gasteiger partial charge in [-0.2, -0.15) is 0 Å². The average Bonchev–Trinajstić information content (AvgIpc) is 1.98. The van der Waals surface area contributed by atoms with E-state index in [0.717, 1.165) is 19.3 Å². The SMILES string of the molecule is CC(=O)OCCC1(C[N+](=O)[O-])CCC1. The van der Waals surface area contributed by atoms with Gasteiger partial charge in [-0.1, -0.05) is 6.42 Å². The Kier molecular flexibility index (Phi) is 3.43. The molecular weight excluding hydrogens is 186 g/mol. The second-order valence-corrected chi connectivity index (χ2v) is 3.93. The molecule has 80 valence electrons. The van der Waals surface area contributed by atoms with Crippen molar-refractivity contribution in [3.05, 3.63) is 10.1 Å². The van der Waals surface area contributed by atoms with Crippen LogP contribution in [0, 0.1) is 15.5 Å². The van der Waals surface area contributed by atoms with Crippen LogP contribution in [-0.2, 0) is 9.53 Å². The van der Waals surface area contributed by atoms with Gasteiger partial charge in [0.2, 0.25) is 6.54 Å². The van der Waals surface area contributed by atoms with E-state index in [1.54, 1.807) is 0 Å². The molecule has 5 heteroatoms. The predicted octanol–water partition coefficient (Wildman–Crippen LogP) is 1.39. The Morgan fingerprint density at radius 3 is 2.57 bits per heavy atom. The largest absolute Gasteiger partial charge is 0.466 e. The minimum atomic E-state index is -0.319. The Morgan fingerprint density at radius 1 is 1.57 bits per heavy atom. The molecule has 1 aliphatic rings. The van der Waals surface area contributed by atoms with Crippen LogP contribution in [0.25, 0.3) is 0 Å². The van der Waals surface area contributed by atoms with Crippen LogP contribution in [0.4, 0.5) is 0 Å². The van der Waals surface area contributed by atoms with E-state index in [2.05, 4.69) is 0 Å². The highest BCUT2D eigenvalue weighted by molar-refractivity contribution is 5.65. The molecule has 0 radical (unpaired) electrons. The van der Waals surface area contributed by atoms with E-state index < -0.39 is 0 Å². The van der Waals surface area contributed by atoms with Crippen molar-refractivity contribution in [1.29, 1.82) is 0 Å². The number of nitrogens with zero attached hydrogens (tertiary/aromatic N) is 1. The molecule has 1 aliphatic carbocycles. The van der Waals surface area contributed by atoms with Gasteiger partial charge < -0.3 is 4.74 Å². The van der Waals surface area contributed by atoms with Gasteiger partial charge in [-0.15, -0.1) is 0 Å². The van der Waals surface area contributed by atoms with Crippen LogP contribution >= 0.6 is 0 Å². The number of hydrogen-bond donors (Lipinski definition) is 0. The van der Waals surface area contributed by atoms with Crippen molar-refractivity contribution in [2.75, 3.05) is 13.2 Å². The van der Waals surface area contributed by atoms with Gasteiger partial charge in [0.15, 0.2) is 0 Å². The van der Waals surface area contributed by atoms with Crippen molar-refractivity contribution >= 4 is 5.97 Å². The quantitative estimate of drug-likeness (QED) is 0.383. The van der Waals surface area contributed by atoms with E-state index in [-0.39, 0.29) is 22.9 Å². The fourth-order valence-corrected chi connectivity index (χ4v) is 1.85. The molecule has 0 aliphatic heterocycles. The molecule has 0 aromatic rings. The van der Waals surface area contributed by atoms with E-state index in [0.29, 0.717) is 13.0 Å². The molecule has 0 aromatic carbocycles. The summed E-state index contributed by atoms with van der Waals surface area (Å²) in [7, 11) is 0. The van der Waals surface area contributed by atoms with Gasteiger partial charge in [0.1, 0.15) is 0 Å². The van der Waals surface area contributed by atoms with E-state index >= 15 is 0 Å². The second-order valence-electron chi connectivity index (χ2n) is 3.93. The Labute approximate surface area is 82.6 Å². The van der Waals surface area contributed by atoms with Gasteiger partial charge >= 0.3 is 5.97 Å². The summed E-state index contributed by atoms with van der Waals surface area (Å²) in [5.41, 5.74) is -0.195. The number of ether oxygens (including phenoxy) is 1. The summed E-state index contributed by atoms with van der Waals surface area (Å²) in [6.07, 6.45) is 3.44. The summed E-state index contributed by atoms with van der Waals surface area (Å²) in [6, 6.07) is 0. The molecule has 1 fully saturated rings. The van der Waals surface area contributed by atoms with E-state index in [1.807, 2.05) is 0 Å². The predicted molar refractivity (Wildman–Crippen MR) is 49.4 cm³/mol. The normalized spacial score (nSPS) is 18.4. The van der Waals surface area contributed by atoms with E-state index in [4.69, 9.17) is 4.74 Å². The average molecular weight is 201 g/mol. The zero-order valence-electron chi connectivity index (χ0n) is 8.32. The van der Waals surface area contributed by atoms with Crippen LogP contribution < -0.4 is 0 Å². The molecular formula is C9H15NO4. The fourth-order valence-electron chi connectivity index (χ4n) is 1.85. The highest BCUT2D eigenvalue weighted by Crippen LogP contribution is 2.43. The van der Waals surface area contributed by atoms with Crippen LogP contribution in [0.15, 0.2) is 0 Å². The lowest BCUT2D eigenvalue weighted by molar-refractivity contribution is -0.502. The maximum Gasteiger partial charge on any atom is 0.302 e. The van der Waals surface area contributed by atoms with E-state index in [1.165, 1.54) is 6.92 Å². The van der Waals surface area contributed by atoms with Gasteiger partial charge in [-0.3, -0.25) is 14.9 Å². The summed E-state index contributed by atoms with van der Waals surface area (Å²) in [5.74, 6) is -0.319. The number of carbonyl (C=O) groups is 1. The van der Waals surface area contributed by atoms with Gasteiger partial charge in [0.05, 0.1) is 6.61 Å². The first kappa shape index (κ1) is 10.9. The molecule has 5 nitrogen and oxygen atoms in total. The minimum absolute atomic E-state index is 0.00820. The summed E-state index contributed by atoms with van der Waals surface area (Å²) >= 11 is 0. The highest BCUT2D eigenvalue weighted by Gasteiger charge is 2.41. The van der Waals surface area contributed by atoms with Crippen LogP contribution in [0.3, 0.4) is 0 Å². The maximum absolute atomic E-state index is 10.5. The third-order valence-electron chi connectivity index (χ3n) is 2.82. The standard InChI is InChI=1S/C9H15NO4/c1-8(11)14-6-5-9(3-2-4-9)7-10(12)13/h2-7H2,1H3. The van der Waals surface area contributed by atoms with Crippen molar-refractivity contribution in [2.24, 2.45) is 5.41 Å². The maximum atomic E-state index is 10.5. The summed E-state index contributed by atoms with van der Waals surface area (Å²) in [6.45, 7) is 1.67. The number of carbonyl (C=O) groups excluding carboxylic acids is 1. The molecule has 0 atom stereocenters. The first-order chi connectivity index (χ1) is 6.54. The summed E-state index contributed by atoms with van der Waals surface area (Å²) < 4.78 is 4.79. The summed E-state index contributed by atoms with van der Waals surface area (Å²) in [5, 5.41) is 10.4. The van der Waals surface area contributed by atoms with Crippen molar-refractivity contribution in [3.63, 3.8) is 0 Å². The lowest BCUT2D eigenvalue weighted by Gasteiger charge is -2.37. The number of rotatable bonds is 5. The molecule has 0 heterocycles. The molecule has 0 spiro atoms. The molecule has 0 aromatic heterocycles. The van der Waals surface area contributed by atoms with Gasteiger partial charge in [-0.25, -0.2) is 0 Å². The van der Waals surface area contributed by atoms with Crippen LogP contribution in [0.5, 0.6) is 0 Å². The third-order valence-corrected chi connectivity index (χ3v) is 2.82. The Morgan fingerprint density at radius 2 is 2.21 bits per heavy atom. The first-order valence-electron chi connectivity index (χ1n) is 4.79. The summed E-state index contributed by atoms with van der Waals surface area (Å²) in [4.78, 5) is 20.6. The van der Waals surface area contributed by atoms with Crippen LogP contribution in [0.2, 0.25) is 0 Å². The number of hydrogen-bond acceptors (Lipinski definition) is 4. The minimum Gasteiger partial charge on any atom is -0.466 e. The fraction of sp³-hybridized carbons (Fsp3) is 0.889. The zero-order chi connectivity index (χ0) is 10.6. The molecule has 0 unspecified atom stereocenters.